The van der Waals surface area contributed by atoms with Crippen molar-refractivity contribution >= 4 is 17.6 Å². The van der Waals surface area contributed by atoms with Crippen molar-refractivity contribution in [3.8, 4) is 5.75 Å². The molecule has 1 fully saturated rings. The minimum absolute atomic E-state index is 0.00869. The molecule has 0 bridgehead atoms. The van der Waals surface area contributed by atoms with E-state index in [0.717, 1.165) is 44.9 Å². The van der Waals surface area contributed by atoms with E-state index in [0.29, 0.717) is 11.4 Å². The first-order chi connectivity index (χ1) is 12.5. The van der Waals surface area contributed by atoms with E-state index in [2.05, 4.69) is 23.8 Å². The number of rotatable bonds is 5. The van der Waals surface area contributed by atoms with Gasteiger partial charge in [0.15, 0.2) is 5.82 Å². The standard InChI is InChI=1S/C19H28FN5O/c1-3-13(4-2)26-15-10-8-9-14(20)16(15)25-18(22)23-17(21)24-19(25)11-6-5-7-12-19/h8-10,13H,3-7,11-12H2,1-2H3,(H4,21,22,23,24). The minimum atomic E-state index is -0.692. The molecule has 3 rings (SSSR count). The third-order valence-electron chi connectivity index (χ3n) is 5.23. The summed E-state index contributed by atoms with van der Waals surface area (Å²) in [7, 11) is 0. The molecule has 0 saturated heterocycles. The molecule has 0 aromatic heterocycles. The molecular formula is C19H28FN5O. The molecule has 0 radical (unpaired) electrons. The summed E-state index contributed by atoms with van der Waals surface area (Å²) in [5.41, 5.74) is 11.7. The zero-order valence-corrected chi connectivity index (χ0v) is 15.5. The van der Waals surface area contributed by atoms with Crippen molar-refractivity contribution in [2.45, 2.75) is 70.6 Å². The summed E-state index contributed by atoms with van der Waals surface area (Å²) in [5, 5.41) is 0. The number of benzene rings is 1. The third kappa shape index (κ3) is 3.34. The van der Waals surface area contributed by atoms with Crippen LogP contribution in [-0.4, -0.2) is 23.7 Å². The molecule has 1 saturated carbocycles. The molecule has 4 N–H and O–H groups in total. The first-order valence-corrected chi connectivity index (χ1v) is 9.45. The summed E-state index contributed by atoms with van der Waals surface area (Å²) in [6, 6.07) is 4.85. The van der Waals surface area contributed by atoms with Crippen LogP contribution in [0.1, 0.15) is 58.8 Å². The number of anilines is 1. The molecule has 1 heterocycles. The highest BCUT2D eigenvalue weighted by Gasteiger charge is 2.44. The fraction of sp³-hybridized carbons (Fsp3) is 0.579. The first-order valence-electron chi connectivity index (χ1n) is 9.45. The number of hydrogen-bond acceptors (Lipinski definition) is 6. The van der Waals surface area contributed by atoms with E-state index >= 15 is 0 Å². The van der Waals surface area contributed by atoms with Gasteiger partial charge in [-0.2, -0.15) is 4.99 Å². The fourth-order valence-corrected chi connectivity index (χ4v) is 3.89. The Hall–Kier alpha value is -2.31. The number of nitrogens with two attached hydrogens (primary N) is 2. The van der Waals surface area contributed by atoms with Crippen LogP contribution < -0.4 is 21.1 Å². The van der Waals surface area contributed by atoms with Gasteiger partial charge in [0.2, 0.25) is 11.9 Å². The molecular weight excluding hydrogens is 333 g/mol. The first kappa shape index (κ1) is 18.5. The maximum atomic E-state index is 15.0. The van der Waals surface area contributed by atoms with Crippen molar-refractivity contribution in [2.75, 3.05) is 4.90 Å². The second kappa shape index (κ2) is 7.51. The van der Waals surface area contributed by atoms with E-state index in [4.69, 9.17) is 16.2 Å². The van der Waals surface area contributed by atoms with Crippen LogP contribution in [0.3, 0.4) is 0 Å². The van der Waals surface area contributed by atoms with E-state index in [-0.39, 0.29) is 18.0 Å². The topological polar surface area (TPSA) is 89.2 Å². The van der Waals surface area contributed by atoms with Crippen molar-refractivity contribution in [1.82, 2.24) is 0 Å². The van der Waals surface area contributed by atoms with Crippen molar-refractivity contribution in [1.29, 1.82) is 0 Å². The monoisotopic (exact) mass is 361 g/mol. The molecule has 2 aliphatic rings. The predicted octanol–water partition coefficient (Wildman–Crippen LogP) is 3.50. The third-order valence-corrected chi connectivity index (χ3v) is 5.23. The summed E-state index contributed by atoms with van der Waals surface area (Å²) in [4.78, 5) is 10.4. The van der Waals surface area contributed by atoms with Crippen LogP contribution in [0.2, 0.25) is 0 Å². The SMILES string of the molecule is CCC(CC)Oc1cccc(F)c1N1C(N)=NC(N)=NC12CCCCC2. The second-order valence-corrected chi connectivity index (χ2v) is 6.96. The number of nitrogens with zero attached hydrogens (tertiary/aromatic N) is 3. The highest BCUT2D eigenvalue weighted by atomic mass is 19.1. The summed E-state index contributed by atoms with van der Waals surface area (Å²) in [6.45, 7) is 4.11. The molecule has 0 amide bonds. The van der Waals surface area contributed by atoms with Crippen LogP contribution in [-0.2, 0) is 0 Å². The van der Waals surface area contributed by atoms with E-state index in [1.165, 1.54) is 6.07 Å². The Morgan fingerprint density at radius 3 is 2.54 bits per heavy atom. The van der Waals surface area contributed by atoms with Crippen LogP contribution >= 0.6 is 0 Å². The van der Waals surface area contributed by atoms with Crippen molar-refractivity contribution in [2.24, 2.45) is 21.5 Å². The number of aliphatic imine (C=N–C) groups is 2. The van der Waals surface area contributed by atoms with Gasteiger partial charge in [0, 0.05) is 0 Å². The maximum absolute atomic E-state index is 15.0. The summed E-state index contributed by atoms with van der Waals surface area (Å²) in [6.07, 6.45) is 6.28. The quantitative estimate of drug-likeness (QED) is 0.840. The van der Waals surface area contributed by atoms with Crippen LogP contribution in [0.5, 0.6) is 5.75 Å². The smallest absolute Gasteiger partial charge is 0.220 e. The molecule has 7 heteroatoms. The van der Waals surface area contributed by atoms with Gasteiger partial charge in [-0.15, -0.1) is 0 Å². The average Bonchev–Trinajstić information content (AvgIpc) is 2.61. The molecule has 1 spiro atoms. The van der Waals surface area contributed by atoms with Crippen LogP contribution in [0.15, 0.2) is 28.2 Å². The van der Waals surface area contributed by atoms with Gasteiger partial charge in [0.1, 0.15) is 17.1 Å². The Balaban J connectivity index is 2.10. The van der Waals surface area contributed by atoms with Crippen molar-refractivity contribution in [3.63, 3.8) is 0 Å². The lowest BCUT2D eigenvalue weighted by atomic mass is 9.87. The van der Waals surface area contributed by atoms with E-state index in [1.807, 2.05) is 0 Å². The largest absolute Gasteiger partial charge is 0.488 e. The number of para-hydroxylation sites is 1. The van der Waals surface area contributed by atoms with Crippen LogP contribution in [0.4, 0.5) is 10.1 Å². The Morgan fingerprint density at radius 1 is 1.19 bits per heavy atom. The molecule has 1 aromatic carbocycles. The van der Waals surface area contributed by atoms with Gasteiger partial charge in [0.05, 0.1) is 6.10 Å². The normalized spacial score (nSPS) is 19.5. The van der Waals surface area contributed by atoms with E-state index in [1.54, 1.807) is 17.0 Å². The number of ether oxygens (including phenoxy) is 1. The molecule has 0 unspecified atom stereocenters. The van der Waals surface area contributed by atoms with Gasteiger partial charge < -0.3 is 16.2 Å². The van der Waals surface area contributed by atoms with Gasteiger partial charge in [-0.3, -0.25) is 4.90 Å². The molecule has 6 nitrogen and oxygen atoms in total. The van der Waals surface area contributed by atoms with E-state index in [9.17, 15) is 4.39 Å². The summed E-state index contributed by atoms with van der Waals surface area (Å²) >= 11 is 0. The van der Waals surface area contributed by atoms with E-state index < -0.39 is 11.5 Å². The molecule has 0 atom stereocenters. The lowest BCUT2D eigenvalue weighted by molar-refractivity contribution is 0.191. The highest BCUT2D eigenvalue weighted by Crippen LogP contribution is 2.44. The summed E-state index contributed by atoms with van der Waals surface area (Å²) in [5.74, 6) is 0.392. The molecule has 26 heavy (non-hydrogen) atoms. The zero-order valence-electron chi connectivity index (χ0n) is 15.5. The van der Waals surface area contributed by atoms with Crippen LogP contribution in [0, 0.1) is 5.82 Å². The Morgan fingerprint density at radius 2 is 1.88 bits per heavy atom. The lowest BCUT2D eigenvalue weighted by Gasteiger charge is -2.46. The number of halogens is 1. The Kier molecular flexibility index (Phi) is 5.34. The van der Waals surface area contributed by atoms with Gasteiger partial charge >= 0.3 is 0 Å². The molecule has 1 aromatic rings. The predicted molar refractivity (Wildman–Crippen MR) is 103 cm³/mol. The van der Waals surface area contributed by atoms with Crippen molar-refractivity contribution < 1.29 is 9.13 Å². The fourth-order valence-electron chi connectivity index (χ4n) is 3.89. The lowest BCUT2D eigenvalue weighted by Crippen LogP contribution is -2.58. The molecule has 142 valence electrons. The van der Waals surface area contributed by atoms with Crippen LogP contribution in [0.25, 0.3) is 0 Å². The highest BCUT2D eigenvalue weighted by molar-refractivity contribution is 6.06. The zero-order chi connectivity index (χ0) is 18.7. The minimum Gasteiger partial charge on any atom is -0.488 e. The maximum Gasteiger partial charge on any atom is 0.220 e. The van der Waals surface area contributed by atoms with Crippen molar-refractivity contribution in [3.05, 3.63) is 24.0 Å². The Bertz CT molecular complexity index is 708. The van der Waals surface area contributed by atoms with Gasteiger partial charge in [-0.1, -0.05) is 26.3 Å². The van der Waals surface area contributed by atoms with Gasteiger partial charge in [-0.05, 0) is 50.7 Å². The van der Waals surface area contributed by atoms with Gasteiger partial charge in [0.25, 0.3) is 0 Å². The number of hydrogen-bond donors (Lipinski definition) is 2. The average molecular weight is 361 g/mol. The second-order valence-electron chi connectivity index (χ2n) is 6.96. The molecule has 1 aliphatic carbocycles. The molecule has 1 aliphatic heterocycles. The number of guanidine groups is 2. The van der Waals surface area contributed by atoms with Gasteiger partial charge in [-0.25, -0.2) is 9.38 Å². The summed E-state index contributed by atoms with van der Waals surface area (Å²) < 4.78 is 21.1. The Labute approximate surface area is 154 Å².